The lowest BCUT2D eigenvalue weighted by atomic mass is 9.96. The smallest absolute Gasteiger partial charge is 0.309 e. The molecule has 2 aromatic carbocycles. The molecule has 0 spiro atoms. The predicted molar refractivity (Wildman–Crippen MR) is 113 cm³/mol. The summed E-state index contributed by atoms with van der Waals surface area (Å²) in [6.45, 7) is -0.356. The molecule has 1 N–H and O–H groups in total. The van der Waals surface area contributed by atoms with Crippen LogP contribution in [0.5, 0.6) is 0 Å². The van der Waals surface area contributed by atoms with Crippen LogP contribution in [0.25, 0.3) is 0 Å². The summed E-state index contributed by atoms with van der Waals surface area (Å²) in [7, 11) is 0. The number of halogens is 4. The molecule has 0 saturated heterocycles. The van der Waals surface area contributed by atoms with Gasteiger partial charge >= 0.3 is 5.97 Å². The van der Waals surface area contributed by atoms with Crippen molar-refractivity contribution in [3.05, 3.63) is 65.5 Å². The van der Waals surface area contributed by atoms with Crippen molar-refractivity contribution in [1.29, 1.82) is 0 Å². The van der Waals surface area contributed by atoms with Crippen molar-refractivity contribution in [2.45, 2.75) is 28.1 Å². The van der Waals surface area contributed by atoms with E-state index in [9.17, 15) is 9.18 Å². The van der Waals surface area contributed by atoms with Gasteiger partial charge in [-0.1, -0.05) is 59.1 Å². The van der Waals surface area contributed by atoms with Crippen molar-refractivity contribution in [3.63, 3.8) is 0 Å². The first-order chi connectivity index (χ1) is 13.3. The van der Waals surface area contributed by atoms with Gasteiger partial charge < -0.3 is 9.84 Å². The highest BCUT2D eigenvalue weighted by Gasteiger charge is 2.26. The van der Waals surface area contributed by atoms with Gasteiger partial charge in [-0.05, 0) is 54.0 Å². The van der Waals surface area contributed by atoms with Gasteiger partial charge in [0, 0.05) is 4.90 Å². The first-order valence-electron chi connectivity index (χ1n) is 8.57. The third-order valence-corrected chi connectivity index (χ3v) is 5.32. The van der Waals surface area contributed by atoms with Gasteiger partial charge in [-0.3, -0.25) is 4.79 Å². The average Bonchev–Trinajstić information content (AvgIpc) is 2.67. The second kappa shape index (κ2) is 11.3. The Hall–Kier alpha value is -0.980. The molecular weight excluding hydrogens is 446 g/mol. The number of esters is 1. The average molecular weight is 466 g/mol. The predicted octanol–water partition coefficient (Wildman–Crippen LogP) is 5.57. The molecule has 0 radical (unpaired) electrons. The minimum absolute atomic E-state index is 0.0384. The molecule has 1 unspecified atom stereocenters. The fraction of sp³-hybridized carbons (Fsp3) is 0.350. The lowest BCUT2D eigenvalue weighted by Crippen LogP contribution is -2.25. The summed E-state index contributed by atoms with van der Waals surface area (Å²) in [6, 6.07) is 13.6. The molecule has 1 atom stereocenters. The van der Waals surface area contributed by atoms with Gasteiger partial charge in [0.1, 0.15) is 12.4 Å². The Kier molecular flexibility index (Phi) is 9.38. The number of hydrogen-bond donors (Lipinski definition) is 1. The molecule has 152 valence electrons. The van der Waals surface area contributed by atoms with E-state index in [1.165, 1.54) is 23.9 Å². The molecule has 0 aliphatic rings. The molecule has 0 aromatic heterocycles. The van der Waals surface area contributed by atoms with Crippen molar-refractivity contribution < 1.29 is 19.0 Å². The molecule has 0 amide bonds. The lowest BCUT2D eigenvalue weighted by molar-refractivity contribution is -0.148. The monoisotopic (exact) mass is 464 g/mol. The van der Waals surface area contributed by atoms with Crippen LogP contribution in [0.15, 0.2) is 53.4 Å². The van der Waals surface area contributed by atoms with E-state index in [0.29, 0.717) is 18.6 Å². The van der Waals surface area contributed by atoms with Crippen molar-refractivity contribution in [1.82, 2.24) is 0 Å². The Bertz CT molecular complexity index is 749. The number of rotatable bonds is 9. The molecule has 8 heteroatoms. The Morgan fingerprint density at radius 3 is 2.25 bits per heavy atom. The van der Waals surface area contributed by atoms with Crippen LogP contribution >= 0.6 is 46.6 Å². The van der Waals surface area contributed by atoms with Gasteiger partial charge in [0.25, 0.3) is 0 Å². The van der Waals surface area contributed by atoms with Crippen LogP contribution in [-0.2, 0) is 22.6 Å². The van der Waals surface area contributed by atoms with E-state index in [4.69, 9.17) is 44.6 Å². The minimum atomic E-state index is -1.66. The fourth-order valence-corrected chi connectivity index (χ4v) is 3.62. The van der Waals surface area contributed by atoms with Crippen LogP contribution in [0.2, 0.25) is 0 Å². The first kappa shape index (κ1) is 23.3. The number of aliphatic hydroxyl groups excluding tert-OH is 1. The summed E-state index contributed by atoms with van der Waals surface area (Å²) in [6.07, 6.45) is 1.01. The highest BCUT2D eigenvalue weighted by atomic mass is 35.6. The van der Waals surface area contributed by atoms with Crippen LogP contribution in [0.3, 0.4) is 0 Å². The molecule has 0 heterocycles. The zero-order valence-electron chi connectivity index (χ0n) is 14.9. The van der Waals surface area contributed by atoms with E-state index in [2.05, 4.69) is 0 Å². The summed E-state index contributed by atoms with van der Waals surface area (Å²) in [5.41, 5.74) is 1.74. The number of carbonyl (C=O) groups excluding carboxylic acids is 1. The minimum Gasteiger partial charge on any atom is -0.461 e. The molecule has 0 aliphatic carbocycles. The Labute approximate surface area is 183 Å². The van der Waals surface area contributed by atoms with Gasteiger partial charge in [-0.15, -0.1) is 11.8 Å². The van der Waals surface area contributed by atoms with Crippen molar-refractivity contribution in [2.75, 3.05) is 12.4 Å². The maximum atomic E-state index is 13.0. The molecule has 2 aromatic rings. The highest BCUT2D eigenvalue weighted by molar-refractivity contribution is 7.99. The second-order valence-electron chi connectivity index (χ2n) is 6.19. The van der Waals surface area contributed by atoms with Crippen molar-refractivity contribution in [3.8, 4) is 0 Å². The molecular formula is C20H20Cl3FO3S. The maximum Gasteiger partial charge on any atom is 0.309 e. The van der Waals surface area contributed by atoms with Crippen LogP contribution in [0.1, 0.15) is 17.5 Å². The number of carbonyl (C=O) groups is 1. The standard InChI is InChI=1S/C20H20Cl3FO3S/c21-20(22,23)13-27-19(26)16(11-14-1-3-15(12-25)4-2-14)9-10-28-18-7-5-17(24)6-8-18/h1-8,16,25H,9-13H2. The van der Waals surface area contributed by atoms with Crippen LogP contribution in [-0.4, -0.2) is 27.2 Å². The topological polar surface area (TPSA) is 46.5 Å². The molecule has 2 rings (SSSR count). The highest BCUT2D eigenvalue weighted by Crippen LogP contribution is 2.28. The third-order valence-electron chi connectivity index (χ3n) is 3.95. The fourth-order valence-electron chi connectivity index (χ4n) is 2.49. The summed E-state index contributed by atoms with van der Waals surface area (Å²) in [5.74, 6) is -0.491. The van der Waals surface area contributed by atoms with Crippen LogP contribution < -0.4 is 0 Å². The summed E-state index contributed by atoms with van der Waals surface area (Å²) in [4.78, 5) is 13.4. The maximum absolute atomic E-state index is 13.0. The number of ether oxygens (including phenoxy) is 1. The number of hydrogen-bond acceptors (Lipinski definition) is 4. The molecule has 0 aliphatic heterocycles. The molecule has 0 fully saturated rings. The number of thioether (sulfide) groups is 1. The summed E-state index contributed by atoms with van der Waals surface area (Å²) >= 11 is 18.5. The second-order valence-corrected chi connectivity index (χ2v) is 9.87. The third kappa shape index (κ3) is 8.58. The van der Waals surface area contributed by atoms with Crippen LogP contribution in [0, 0.1) is 11.7 Å². The van der Waals surface area contributed by atoms with E-state index >= 15 is 0 Å². The van der Waals surface area contributed by atoms with Gasteiger partial charge in [0.15, 0.2) is 0 Å². The SMILES string of the molecule is O=C(OCC(Cl)(Cl)Cl)C(CCSc1ccc(F)cc1)Cc1ccc(CO)cc1. The summed E-state index contributed by atoms with van der Waals surface area (Å²) < 4.78 is 16.5. The lowest BCUT2D eigenvalue weighted by Gasteiger charge is -2.18. The Morgan fingerprint density at radius 2 is 1.68 bits per heavy atom. The quantitative estimate of drug-likeness (QED) is 0.299. The van der Waals surface area contributed by atoms with Gasteiger partial charge in [0.05, 0.1) is 12.5 Å². The van der Waals surface area contributed by atoms with Crippen LogP contribution in [0.4, 0.5) is 4.39 Å². The van der Waals surface area contributed by atoms with E-state index in [1.54, 1.807) is 12.1 Å². The van der Waals surface area contributed by atoms with E-state index in [-0.39, 0.29) is 19.0 Å². The Balaban J connectivity index is 1.99. The molecule has 28 heavy (non-hydrogen) atoms. The van der Waals surface area contributed by atoms with Gasteiger partial charge in [0.2, 0.25) is 3.79 Å². The largest absolute Gasteiger partial charge is 0.461 e. The zero-order chi connectivity index (χ0) is 20.6. The number of alkyl halides is 3. The van der Waals surface area contributed by atoms with Crippen molar-refractivity contribution in [2.24, 2.45) is 5.92 Å². The summed E-state index contributed by atoms with van der Waals surface area (Å²) in [5, 5.41) is 9.15. The number of benzene rings is 2. The van der Waals surface area contributed by atoms with E-state index in [1.807, 2.05) is 24.3 Å². The first-order valence-corrected chi connectivity index (χ1v) is 10.7. The molecule has 0 bridgehead atoms. The molecule has 0 saturated carbocycles. The van der Waals surface area contributed by atoms with Gasteiger partial charge in [-0.25, -0.2) is 4.39 Å². The normalized spacial score (nSPS) is 12.6. The number of aliphatic hydroxyl groups is 1. The Morgan fingerprint density at radius 1 is 1.07 bits per heavy atom. The van der Waals surface area contributed by atoms with E-state index in [0.717, 1.165) is 16.0 Å². The zero-order valence-corrected chi connectivity index (χ0v) is 18.0. The van der Waals surface area contributed by atoms with Gasteiger partial charge in [-0.2, -0.15) is 0 Å². The van der Waals surface area contributed by atoms with Crippen molar-refractivity contribution >= 4 is 52.5 Å². The van der Waals surface area contributed by atoms with E-state index < -0.39 is 15.7 Å². The molecule has 3 nitrogen and oxygen atoms in total.